The van der Waals surface area contributed by atoms with E-state index in [2.05, 4.69) is 4.98 Å². The summed E-state index contributed by atoms with van der Waals surface area (Å²) in [6.07, 6.45) is 0.152. The fourth-order valence-corrected chi connectivity index (χ4v) is 1.60. The molecule has 1 aromatic heterocycles. The topological polar surface area (TPSA) is 68.5 Å². The van der Waals surface area contributed by atoms with Crippen LogP contribution in [-0.2, 0) is 4.74 Å². The number of anilines is 1. The fourth-order valence-electron chi connectivity index (χ4n) is 1.39. The normalized spacial score (nSPS) is 10.7. The van der Waals surface area contributed by atoms with Crippen molar-refractivity contribution in [3.05, 3.63) is 22.8 Å². The molecule has 0 aliphatic heterocycles. The second kappa shape index (κ2) is 6.56. The quantitative estimate of drug-likeness (QED) is 0.830. The van der Waals surface area contributed by atoms with Crippen LogP contribution in [0.25, 0.3) is 0 Å². The minimum atomic E-state index is -0.154. The molecule has 1 rings (SSSR count). The Hall–Kier alpha value is -1.33. The van der Waals surface area contributed by atoms with Crippen molar-refractivity contribution in [3.8, 4) is 0 Å². The highest BCUT2D eigenvalue weighted by atomic mass is 35.5. The van der Waals surface area contributed by atoms with E-state index in [1.807, 2.05) is 13.8 Å². The summed E-state index contributed by atoms with van der Waals surface area (Å²) >= 11 is 5.76. The SMILES string of the molecule is CC(C)OCCN(C)C(=O)c1cc(N)nc(Cl)c1. The van der Waals surface area contributed by atoms with Gasteiger partial charge in [-0.3, -0.25) is 4.79 Å². The van der Waals surface area contributed by atoms with Gasteiger partial charge in [-0.1, -0.05) is 11.6 Å². The van der Waals surface area contributed by atoms with Crippen LogP contribution < -0.4 is 5.73 Å². The van der Waals surface area contributed by atoms with E-state index in [-0.39, 0.29) is 23.0 Å². The number of halogens is 1. The lowest BCUT2D eigenvalue weighted by Gasteiger charge is -2.18. The number of nitrogens with two attached hydrogens (primary N) is 1. The number of carbonyl (C=O) groups excluding carboxylic acids is 1. The molecule has 0 atom stereocenters. The predicted octanol–water partition coefficient (Wildman–Crippen LogP) is 1.81. The summed E-state index contributed by atoms with van der Waals surface area (Å²) in [4.78, 5) is 17.4. The van der Waals surface area contributed by atoms with Crippen LogP contribution in [0.1, 0.15) is 24.2 Å². The van der Waals surface area contributed by atoms with E-state index in [0.717, 1.165) is 0 Å². The van der Waals surface area contributed by atoms with Crippen LogP contribution in [0.3, 0.4) is 0 Å². The number of rotatable bonds is 5. The lowest BCUT2D eigenvalue weighted by atomic mass is 10.2. The average Bonchev–Trinajstić information content (AvgIpc) is 2.26. The van der Waals surface area contributed by atoms with Gasteiger partial charge in [0.05, 0.1) is 12.7 Å². The van der Waals surface area contributed by atoms with Gasteiger partial charge in [0.2, 0.25) is 0 Å². The van der Waals surface area contributed by atoms with Crippen molar-refractivity contribution >= 4 is 23.3 Å². The van der Waals surface area contributed by atoms with E-state index in [9.17, 15) is 4.79 Å². The lowest BCUT2D eigenvalue weighted by Crippen LogP contribution is -2.30. The molecule has 18 heavy (non-hydrogen) atoms. The first-order chi connectivity index (χ1) is 8.40. The Bertz CT molecular complexity index is 404. The minimum Gasteiger partial charge on any atom is -0.384 e. The lowest BCUT2D eigenvalue weighted by molar-refractivity contribution is 0.0532. The Labute approximate surface area is 112 Å². The van der Waals surface area contributed by atoms with E-state index in [4.69, 9.17) is 22.1 Å². The molecule has 0 saturated carbocycles. The summed E-state index contributed by atoms with van der Waals surface area (Å²) in [6.45, 7) is 4.90. The molecule has 2 N–H and O–H groups in total. The Balaban J connectivity index is 2.62. The maximum atomic E-state index is 12.1. The molecule has 0 fully saturated rings. The zero-order chi connectivity index (χ0) is 13.7. The van der Waals surface area contributed by atoms with Crippen molar-refractivity contribution in [1.29, 1.82) is 0 Å². The highest BCUT2D eigenvalue weighted by molar-refractivity contribution is 6.29. The van der Waals surface area contributed by atoms with Gasteiger partial charge in [-0.15, -0.1) is 0 Å². The molecule has 0 unspecified atom stereocenters. The van der Waals surface area contributed by atoms with E-state index >= 15 is 0 Å². The van der Waals surface area contributed by atoms with Crippen molar-refractivity contribution in [3.63, 3.8) is 0 Å². The number of hydrogen-bond donors (Lipinski definition) is 1. The van der Waals surface area contributed by atoms with Crippen molar-refractivity contribution < 1.29 is 9.53 Å². The molecule has 0 radical (unpaired) electrons. The highest BCUT2D eigenvalue weighted by Crippen LogP contribution is 2.13. The van der Waals surface area contributed by atoms with Gasteiger partial charge in [0.15, 0.2) is 0 Å². The van der Waals surface area contributed by atoms with Crippen LogP contribution in [0.4, 0.5) is 5.82 Å². The molecule has 0 bridgehead atoms. The second-order valence-corrected chi connectivity index (χ2v) is 4.64. The number of nitrogen functional groups attached to an aromatic ring is 1. The van der Waals surface area contributed by atoms with Crippen molar-refractivity contribution in [1.82, 2.24) is 9.88 Å². The first kappa shape index (κ1) is 14.7. The van der Waals surface area contributed by atoms with Crippen molar-refractivity contribution in [2.75, 3.05) is 25.9 Å². The molecule has 0 aliphatic carbocycles. The number of nitrogens with zero attached hydrogens (tertiary/aromatic N) is 2. The first-order valence-electron chi connectivity index (χ1n) is 5.70. The maximum absolute atomic E-state index is 12.1. The van der Waals surface area contributed by atoms with Crippen LogP contribution in [0.5, 0.6) is 0 Å². The molecule has 6 heteroatoms. The number of likely N-dealkylation sites (N-methyl/N-ethyl adjacent to an activating group) is 1. The zero-order valence-corrected chi connectivity index (χ0v) is 11.6. The average molecular weight is 272 g/mol. The van der Waals surface area contributed by atoms with E-state index in [1.165, 1.54) is 12.1 Å². The number of pyridine rings is 1. The summed E-state index contributed by atoms with van der Waals surface area (Å²) in [5.41, 5.74) is 5.98. The number of hydrogen-bond acceptors (Lipinski definition) is 4. The van der Waals surface area contributed by atoms with Crippen LogP contribution in [0.15, 0.2) is 12.1 Å². The van der Waals surface area contributed by atoms with E-state index in [1.54, 1.807) is 11.9 Å². The van der Waals surface area contributed by atoms with Gasteiger partial charge in [-0.25, -0.2) is 4.98 Å². The molecule has 100 valence electrons. The van der Waals surface area contributed by atoms with Gasteiger partial charge in [0.25, 0.3) is 5.91 Å². The number of carbonyl (C=O) groups is 1. The highest BCUT2D eigenvalue weighted by Gasteiger charge is 2.13. The summed E-state index contributed by atoms with van der Waals surface area (Å²) in [5.74, 6) is 0.0797. The third-order valence-electron chi connectivity index (χ3n) is 2.29. The van der Waals surface area contributed by atoms with E-state index < -0.39 is 0 Å². The number of ether oxygens (including phenoxy) is 1. The van der Waals surface area contributed by atoms with Gasteiger partial charge >= 0.3 is 0 Å². The monoisotopic (exact) mass is 271 g/mol. The molecule has 1 amide bonds. The predicted molar refractivity (Wildman–Crippen MR) is 71.7 cm³/mol. The summed E-state index contributed by atoms with van der Waals surface area (Å²) in [5, 5.41) is 0.213. The Morgan fingerprint density at radius 2 is 2.22 bits per heavy atom. The zero-order valence-electron chi connectivity index (χ0n) is 10.8. The molecule has 0 aliphatic rings. The van der Waals surface area contributed by atoms with Crippen LogP contribution in [0, 0.1) is 0 Å². The summed E-state index contributed by atoms with van der Waals surface area (Å²) in [6, 6.07) is 3.01. The molecule has 0 saturated heterocycles. The van der Waals surface area contributed by atoms with Gasteiger partial charge < -0.3 is 15.4 Å². The third-order valence-corrected chi connectivity index (χ3v) is 2.48. The first-order valence-corrected chi connectivity index (χ1v) is 6.08. The summed E-state index contributed by atoms with van der Waals surface area (Å²) < 4.78 is 5.39. The smallest absolute Gasteiger partial charge is 0.253 e. The number of aromatic nitrogens is 1. The van der Waals surface area contributed by atoms with Gasteiger partial charge in [0.1, 0.15) is 11.0 Å². The number of amides is 1. The summed E-state index contributed by atoms with van der Waals surface area (Å²) in [7, 11) is 1.70. The van der Waals surface area contributed by atoms with Gasteiger partial charge in [0, 0.05) is 19.2 Å². The van der Waals surface area contributed by atoms with Crippen LogP contribution in [0.2, 0.25) is 5.15 Å². The molecule has 0 aromatic carbocycles. The Morgan fingerprint density at radius 1 is 1.56 bits per heavy atom. The molecule has 5 nitrogen and oxygen atoms in total. The molecular weight excluding hydrogens is 254 g/mol. The fraction of sp³-hybridized carbons (Fsp3) is 0.500. The van der Waals surface area contributed by atoms with Crippen molar-refractivity contribution in [2.45, 2.75) is 20.0 Å². The van der Waals surface area contributed by atoms with Gasteiger partial charge in [-0.2, -0.15) is 0 Å². The van der Waals surface area contributed by atoms with Crippen LogP contribution >= 0.6 is 11.6 Å². The van der Waals surface area contributed by atoms with Gasteiger partial charge in [-0.05, 0) is 26.0 Å². The van der Waals surface area contributed by atoms with Crippen LogP contribution in [-0.4, -0.2) is 42.1 Å². The molecule has 1 aromatic rings. The Kier molecular flexibility index (Phi) is 5.37. The minimum absolute atomic E-state index is 0.152. The standard InChI is InChI=1S/C12H18ClN3O2/c1-8(2)18-5-4-16(3)12(17)9-6-10(13)15-11(14)7-9/h6-8H,4-5H2,1-3H3,(H2,14,15). The third kappa shape index (κ3) is 4.50. The molecule has 1 heterocycles. The largest absolute Gasteiger partial charge is 0.384 e. The second-order valence-electron chi connectivity index (χ2n) is 4.25. The molecule has 0 spiro atoms. The Morgan fingerprint density at radius 3 is 2.78 bits per heavy atom. The van der Waals surface area contributed by atoms with Crippen molar-refractivity contribution in [2.24, 2.45) is 0 Å². The maximum Gasteiger partial charge on any atom is 0.253 e. The van der Waals surface area contributed by atoms with E-state index in [0.29, 0.717) is 18.7 Å². The molecular formula is C12H18ClN3O2.